The Morgan fingerprint density at radius 1 is 1.00 bits per heavy atom. The minimum Gasteiger partial charge on any atom is -0.359 e. The van der Waals surface area contributed by atoms with E-state index in [0.29, 0.717) is 30.7 Å². The van der Waals surface area contributed by atoms with Crippen molar-refractivity contribution in [2.45, 2.75) is 39.5 Å². The summed E-state index contributed by atoms with van der Waals surface area (Å²) in [6.07, 6.45) is -0.709. The minimum atomic E-state index is -0.498. The molecule has 0 saturated carbocycles. The normalized spacial score (nSPS) is 14.3. The van der Waals surface area contributed by atoms with Gasteiger partial charge in [-0.1, -0.05) is 6.92 Å². The molecule has 0 aliphatic carbocycles. The Labute approximate surface area is 226 Å². The first-order valence-corrected chi connectivity index (χ1v) is 12.8. The van der Waals surface area contributed by atoms with Crippen LogP contribution in [0.3, 0.4) is 0 Å². The van der Waals surface area contributed by atoms with Crippen molar-refractivity contribution in [1.29, 1.82) is 0 Å². The summed E-state index contributed by atoms with van der Waals surface area (Å²) in [4.78, 5) is 35.3. The van der Waals surface area contributed by atoms with Gasteiger partial charge < -0.3 is 38.6 Å². The van der Waals surface area contributed by atoms with Crippen molar-refractivity contribution in [3.05, 3.63) is 39.3 Å². The summed E-state index contributed by atoms with van der Waals surface area (Å²) in [5.74, 6) is -0.649. The molecule has 1 aromatic carbocycles. The fourth-order valence-electron chi connectivity index (χ4n) is 4.13. The smallest absolute Gasteiger partial charge is 0.282 e. The number of aromatic nitrogens is 2. The molecule has 0 spiro atoms. The topological polar surface area (TPSA) is 107 Å². The van der Waals surface area contributed by atoms with Crippen LogP contribution in [-0.4, -0.2) is 113 Å². The predicted molar refractivity (Wildman–Crippen MR) is 148 cm³/mol. The first kappa shape index (κ1) is 31.8. The highest BCUT2D eigenvalue weighted by Crippen LogP contribution is 2.22. The third-order valence-electron chi connectivity index (χ3n) is 6.50. The molecule has 1 heterocycles. The fraction of sp³-hybridized carbons (Fsp3) is 0.667. The van der Waals surface area contributed by atoms with Gasteiger partial charge in [0.1, 0.15) is 13.6 Å². The van der Waals surface area contributed by atoms with Crippen LogP contribution in [0.25, 0.3) is 11.0 Å². The number of fused-ring (bicyclic) bond motifs is 1. The number of aryl methyl sites for hydroxylation is 2. The zero-order chi connectivity index (χ0) is 28.4. The van der Waals surface area contributed by atoms with Crippen LogP contribution >= 0.6 is 0 Å². The van der Waals surface area contributed by atoms with Crippen molar-refractivity contribution in [3.8, 4) is 0 Å². The molecule has 2 aromatic rings. The molecule has 38 heavy (non-hydrogen) atoms. The summed E-state index contributed by atoms with van der Waals surface area (Å²) in [5.41, 5.74) is 2.65. The molecular formula is C27H45N5O6. The molecule has 0 unspecified atom stereocenters. The largest absolute Gasteiger partial charge is 0.359 e. The highest BCUT2D eigenvalue weighted by atomic mass is 16.7. The number of hydrogen-bond acceptors (Lipinski definition) is 9. The van der Waals surface area contributed by atoms with Gasteiger partial charge in [0.05, 0.1) is 29.8 Å². The monoisotopic (exact) mass is 535 g/mol. The van der Waals surface area contributed by atoms with Gasteiger partial charge in [-0.2, -0.15) is 0 Å². The SMILES string of the molecule is COCO[C@@H](Cn1c(=O)c(C(=O)NCCN(C)C)nc2cc(C)c(C)cc21)[C@H](C)[C@@H](CN(C)C)OCOC. The average molecular weight is 536 g/mol. The van der Waals surface area contributed by atoms with E-state index in [1.807, 2.05) is 70.9 Å². The molecule has 0 radical (unpaired) electrons. The molecule has 11 nitrogen and oxygen atoms in total. The second-order valence-electron chi connectivity index (χ2n) is 10.2. The van der Waals surface area contributed by atoms with Crippen molar-refractivity contribution in [2.75, 3.05) is 75.6 Å². The third-order valence-corrected chi connectivity index (χ3v) is 6.50. The molecule has 1 amide bonds. The summed E-state index contributed by atoms with van der Waals surface area (Å²) >= 11 is 0. The van der Waals surface area contributed by atoms with Gasteiger partial charge in [-0.25, -0.2) is 4.98 Å². The summed E-state index contributed by atoms with van der Waals surface area (Å²) in [7, 11) is 10.9. The maximum Gasteiger partial charge on any atom is 0.282 e. The number of ether oxygens (including phenoxy) is 4. The summed E-state index contributed by atoms with van der Waals surface area (Å²) < 4.78 is 24.1. The molecular weight excluding hydrogens is 490 g/mol. The first-order chi connectivity index (χ1) is 18.0. The van der Waals surface area contributed by atoms with Crippen LogP contribution in [0.1, 0.15) is 28.5 Å². The van der Waals surface area contributed by atoms with Crippen molar-refractivity contribution < 1.29 is 23.7 Å². The Bertz CT molecular complexity index is 1100. The number of carbonyl (C=O) groups is 1. The lowest BCUT2D eigenvalue weighted by Crippen LogP contribution is -2.44. The van der Waals surface area contributed by atoms with Gasteiger partial charge in [0.2, 0.25) is 0 Å². The average Bonchev–Trinajstić information content (AvgIpc) is 2.85. The Morgan fingerprint density at radius 2 is 1.61 bits per heavy atom. The van der Waals surface area contributed by atoms with E-state index in [1.165, 1.54) is 0 Å². The van der Waals surface area contributed by atoms with Crippen LogP contribution in [0.15, 0.2) is 16.9 Å². The number of carbonyl (C=O) groups excluding carboxylic acids is 1. The summed E-state index contributed by atoms with van der Waals surface area (Å²) in [5, 5.41) is 2.82. The van der Waals surface area contributed by atoms with E-state index in [0.717, 1.165) is 11.1 Å². The molecule has 3 atom stereocenters. The second-order valence-corrected chi connectivity index (χ2v) is 10.2. The van der Waals surface area contributed by atoms with Gasteiger partial charge >= 0.3 is 0 Å². The van der Waals surface area contributed by atoms with E-state index in [9.17, 15) is 9.59 Å². The highest BCUT2D eigenvalue weighted by Gasteiger charge is 2.30. The van der Waals surface area contributed by atoms with Crippen LogP contribution in [0.2, 0.25) is 0 Å². The molecule has 11 heteroatoms. The van der Waals surface area contributed by atoms with Crippen LogP contribution < -0.4 is 10.9 Å². The van der Waals surface area contributed by atoms with Crippen LogP contribution in [0.4, 0.5) is 0 Å². The van der Waals surface area contributed by atoms with Gasteiger partial charge in [0.15, 0.2) is 5.69 Å². The Hall–Kier alpha value is -2.41. The number of rotatable bonds is 16. The van der Waals surface area contributed by atoms with Crippen LogP contribution in [0.5, 0.6) is 0 Å². The van der Waals surface area contributed by atoms with E-state index in [4.69, 9.17) is 18.9 Å². The molecule has 0 aliphatic rings. The number of likely N-dealkylation sites (N-methyl/N-ethyl adjacent to an activating group) is 2. The summed E-state index contributed by atoms with van der Waals surface area (Å²) in [6, 6.07) is 3.84. The Balaban J connectivity index is 2.57. The zero-order valence-corrected chi connectivity index (χ0v) is 24.4. The molecule has 1 N–H and O–H groups in total. The van der Waals surface area contributed by atoms with Gasteiger partial charge in [0, 0.05) is 39.8 Å². The van der Waals surface area contributed by atoms with Crippen molar-refractivity contribution in [2.24, 2.45) is 5.92 Å². The van der Waals surface area contributed by atoms with Crippen molar-refractivity contribution in [3.63, 3.8) is 0 Å². The quantitative estimate of drug-likeness (QED) is 0.320. The standard InChI is InChI=1S/C27H45N5O6/c1-18-12-21-22(13-19(18)2)32(27(34)25(29-21)26(33)28-10-11-30(4)5)15-24(38-17-36-9)20(3)23(14-31(6)7)37-16-35-8/h12-13,20,23-24H,10-11,14-17H2,1-9H3,(H,28,33)/t20-,23-,24+/m1/s1. The maximum absolute atomic E-state index is 13.8. The molecule has 0 saturated heterocycles. The van der Waals surface area contributed by atoms with E-state index >= 15 is 0 Å². The Morgan fingerprint density at radius 3 is 2.18 bits per heavy atom. The number of nitrogens with one attached hydrogen (secondary N) is 1. The van der Waals surface area contributed by atoms with Crippen LogP contribution in [0, 0.1) is 19.8 Å². The molecule has 0 aliphatic heterocycles. The molecule has 214 valence electrons. The van der Waals surface area contributed by atoms with Gasteiger partial charge in [0.25, 0.3) is 11.5 Å². The zero-order valence-electron chi connectivity index (χ0n) is 24.4. The highest BCUT2D eigenvalue weighted by molar-refractivity contribution is 5.94. The van der Waals surface area contributed by atoms with Crippen molar-refractivity contribution in [1.82, 2.24) is 24.7 Å². The van der Waals surface area contributed by atoms with E-state index < -0.39 is 17.6 Å². The molecule has 0 bridgehead atoms. The minimum absolute atomic E-state index is 0.0434. The first-order valence-electron chi connectivity index (χ1n) is 12.8. The van der Waals surface area contributed by atoms with E-state index in [2.05, 4.69) is 10.3 Å². The lowest BCUT2D eigenvalue weighted by atomic mass is 9.96. The third kappa shape index (κ3) is 8.82. The van der Waals surface area contributed by atoms with Gasteiger partial charge in [-0.3, -0.25) is 9.59 Å². The number of hydrogen-bond donors (Lipinski definition) is 1. The number of benzene rings is 1. The molecule has 1 aromatic heterocycles. The molecule has 2 rings (SSSR count). The lowest BCUT2D eigenvalue weighted by molar-refractivity contribution is -0.145. The van der Waals surface area contributed by atoms with E-state index in [1.54, 1.807) is 18.8 Å². The second kappa shape index (κ2) is 15.2. The number of nitrogens with zero attached hydrogens (tertiary/aromatic N) is 4. The molecule has 0 fully saturated rings. The lowest BCUT2D eigenvalue weighted by Gasteiger charge is -2.33. The van der Waals surface area contributed by atoms with Crippen molar-refractivity contribution >= 4 is 16.9 Å². The summed E-state index contributed by atoms with van der Waals surface area (Å²) in [6.45, 7) is 8.01. The number of methoxy groups -OCH3 is 2. The van der Waals surface area contributed by atoms with Gasteiger partial charge in [-0.05, 0) is 65.3 Å². The Kier molecular flexibility index (Phi) is 12.8. The fourth-order valence-corrected chi connectivity index (χ4v) is 4.13. The van der Waals surface area contributed by atoms with E-state index in [-0.39, 0.29) is 37.8 Å². The maximum atomic E-state index is 13.8. The van der Waals surface area contributed by atoms with Crippen LogP contribution in [-0.2, 0) is 25.5 Å². The van der Waals surface area contributed by atoms with Gasteiger partial charge in [-0.15, -0.1) is 0 Å². The predicted octanol–water partition coefficient (Wildman–Crippen LogP) is 1.48. The number of amides is 1.